The molecule has 120 valence electrons. The number of rotatable bonds is 16. The van der Waals surface area contributed by atoms with Crippen LogP contribution in [-0.4, -0.2) is 6.54 Å². The summed E-state index contributed by atoms with van der Waals surface area (Å²) in [4.78, 5) is 0. The Balaban J connectivity index is 2.96. The molecule has 0 bridgehead atoms. The molecule has 0 atom stereocenters. The van der Waals surface area contributed by atoms with Crippen molar-refractivity contribution in [3.05, 3.63) is 17.4 Å². The van der Waals surface area contributed by atoms with Crippen molar-refractivity contribution in [1.82, 2.24) is 5.48 Å². The standard InChI is InChI=1S/C18H36NO/c1-2-3-4-5-6-7-8-9-10-11-12-13-14-15-16-17-18-19-20/h16-17,19H,2-15,18H2,1H3/q-1. The van der Waals surface area contributed by atoms with Gasteiger partial charge in [-0.15, -0.1) is 0 Å². The minimum atomic E-state index is 0.457. The number of hydroxylamine groups is 1. The summed E-state index contributed by atoms with van der Waals surface area (Å²) < 4.78 is 0. The fourth-order valence-electron chi connectivity index (χ4n) is 2.53. The molecule has 2 nitrogen and oxygen atoms in total. The molecule has 0 aliphatic carbocycles. The molecule has 0 aromatic rings. The van der Waals surface area contributed by atoms with Crippen molar-refractivity contribution in [2.75, 3.05) is 6.54 Å². The third-order valence-electron chi connectivity index (χ3n) is 3.84. The zero-order valence-corrected chi connectivity index (χ0v) is 13.7. The van der Waals surface area contributed by atoms with Gasteiger partial charge in [-0.3, -0.25) is 0 Å². The molecule has 0 aromatic carbocycles. The van der Waals surface area contributed by atoms with Gasteiger partial charge in [0.25, 0.3) is 0 Å². The molecule has 0 spiro atoms. The van der Waals surface area contributed by atoms with Gasteiger partial charge >= 0.3 is 0 Å². The minimum Gasteiger partial charge on any atom is -0.788 e. The Hall–Kier alpha value is -0.340. The smallest absolute Gasteiger partial charge is 0.00171 e. The Kier molecular flexibility index (Phi) is 18.3. The van der Waals surface area contributed by atoms with E-state index in [0.717, 1.165) is 6.42 Å². The van der Waals surface area contributed by atoms with Crippen LogP contribution in [0.1, 0.15) is 96.8 Å². The van der Waals surface area contributed by atoms with E-state index in [1.807, 2.05) is 11.6 Å². The predicted octanol–water partition coefficient (Wildman–Crippen LogP) is 6.11. The second-order valence-electron chi connectivity index (χ2n) is 5.85. The maximum absolute atomic E-state index is 9.98. The summed E-state index contributed by atoms with van der Waals surface area (Å²) in [5, 5.41) is 9.98. The van der Waals surface area contributed by atoms with E-state index in [-0.39, 0.29) is 0 Å². The van der Waals surface area contributed by atoms with Crippen LogP contribution in [0, 0.1) is 5.21 Å². The van der Waals surface area contributed by atoms with Crippen LogP contribution in [0.15, 0.2) is 12.2 Å². The third-order valence-corrected chi connectivity index (χ3v) is 3.84. The molecular weight excluding hydrogens is 246 g/mol. The molecule has 0 rings (SSSR count). The first-order valence-electron chi connectivity index (χ1n) is 8.91. The SMILES string of the molecule is CCCCCCCCCCCCCCCC=CCN[O-]. The van der Waals surface area contributed by atoms with Crippen molar-refractivity contribution in [2.24, 2.45) is 0 Å². The van der Waals surface area contributed by atoms with Gasteiger partial charge < -0.3 is 10.7 Å². The van der Waals surface area contributed by atoms with E-state index in [1.54, 1.807) is 0 Å². The second kappa shape index (κ2) is 18.7. The van der Waals surface area contributed by atoms with Crippen LogP contribution >= 0.6 is 0 Å². The number of nitrogens with one attached hydrogen (secondary N) is 1. The Bertz CT molecular complexity index is 192. The summed E-state index contributed by atoms with van der Waals surface area (Å²) >= 11 is 0. The van der Waals surface area contributed by atoms with E-state index in [1.165, 1.54) is 83.5 Å². The van der Waals surface area contributed by atoms with Crippen LogP contribution in [0.5, 0.6) is 0 Å². The van der Waals surface area contributed by atoms with Crippen LogP contribution in [0.25, 0.3) is 0 Å². The summed E-state index contributed by atoms with van der Waals surface area (Å²) in [7, 11) is 0. The lowest BCUT2D eigenvalue weighted by Crippen LogP contribution is -2.00. The maximum Gasteiger partial charge on any atom is 0.00171 e. The highest BCUT2D eigenvalue weighted by atomic mass is 16.5. The zero-order chi connectivity index (χ0) is 14.7. The number of unbranched alkanes of at least 4 members (excludes halogenated alkanes) is 13. The molecule has 0 radical (unpaired) electrons. The highest BCUT2D eigenvalue weighted by Crippen LogP contribution is 2.12. The van der Waals surface area contributed by atoms with Gasteiger partial charge in [-0.1, -0.05) is 96.1 Å². The van der Waals surface area contributed by atoms with Crippen molar-refractivity contribution in [3.8, 4) is 0 Å². The van der Waals surface area contributed by atoms with Crippen molar-refractivity contribution < 1.29 is 0 Å². The fourth-order valence-corrected chi connectivity index (χ4v) is 2.53. The molecule has 0 aliphatic rings. The first kappa shape index (κ1) is 19.7. The van der Waals surface area contributed by atoms with E-state index in [2.05, 4.69) is 13.0 Å². The molecule has 0 aliphatic heterocycles. The molecule has 0 aromatic heterocycles. The predicted molar refractivity (Wildman–Crippen MR) is 90.8 cm³/mol. The van der Waals surface area contributed by atoms with Gasteiger partial charge in [-0.25, -0.2) is 0 Å². The van der Waals surface area contributed by atoms with Crippen molar-refractivity contribution in [1.29, 1.82) is 0 Å². The highest BCUT2D eigenvalue weighted by molar-refractivity contribution is 4.83. The van der Waals surface area contributed by atoms with Crippen LogP contribution in [0.2, 0.25) is 0 Å². The molecule has 20 heavy (non-hydrogen) atoms. The summed E-state index contributed by atoms with van der Waals surface area (Å²) in [5.74, 6) is 0. The monoisotopic (exact) mass is 282 g/mol. The van der Waals surface area contributed by atoms with Crippen molar-refractivity contribution in [2.45, 2.75) is 96.8 Å². The lowest BCUT2D eigenvalue weighted by atomic mass is 10.0. The topological polar surface area (TPSA) is 35.1 Å². The number of hydrogen-bond acceptors (Lipinski definition) is 2. The fraction of sp³-hybridized carbons (Fsp3) is 0.889. The lowest BCUT2D eigenvalue weighted by molar-refractivity contribution is 0.540. The van der Waals surface area contributed by atoms with Crippen LogP contribution in [-0.2, 0) is 0 Å². The second-order valence-corrected chi connectivity index (χ2v) is 5.85. The van der Waals surface area contributed by atoms with Gasteiger partial charge in [0.1, 0.15) is 0 Å². The highest BCUT2D eigenvalue weighted by Gasteiger charge is 1.93. The van der Waals surface area contributed by atoms with E-state index >= 15 is 0 Å². The first-order chi connectivity index (χ1) is 9.91. The molecule has 1 N–H and O–H groups in total. The van der Waals surface area contributed by atoms with Crippen LogP contribution in [0.4, 0.5) is 0 Å². The summed E-state index contributed by atoms with van der Waals surface area (Å²) in [6, 6.07) is 0. The van der Waals surface area contributed by atoms with Crippen LogP contribution in [0.3, 0.4) is 0 Å². The van der Waals surface area contributed by atoms with Crippen LogP contribution < -0.4 is 5.48 Å². The molecule has 0 fully saturated rings. The normalized spacial score (nSPS) is 11.5. The van der Waals surface area contributed by atoms with Gasteiger partial charge in [0.2, 0.25) is 0 Å². The van der Waals surface area contributed by atoms with Gasteiger partial charge in [0.15, 0.2) is 0 Å². The van der Waals surface area contributed by atoms with Gasteiger partial charge in [-0.05, 0) is 12.8 Å². The summed E-state index contributed by atoms with van der Waals surface area (Å²) in [5.41, 5.74) is 1.88. The molecule has 2 heteroatoms. The average molecular weight is 282 g/mol. The Morgan fingerprint density at radius 1 is 0.650 bits per heavy atom. The first-order valence-corrected chi connectivity index (χ1v) is 8.91. The Labute approximate surface area is 127 Å². The van der Waals surface area contributed by atoms with Gasteiger partial charge in [0, 0.05) is 6.54 Å². The van der Waals surface area contributed by atoms with E-state index in [4.69, 9.17) is 0 Å². The Morgan fingerprint density at radius 3 is 1.55 bits per heavy atom. The number of hydrogen-bond donors (Lipinski definition) is 1. The molecule has 0 amide bonds. The quantitative estimate of drug-likeness (QED) is 0.210. The van der Waals surface area contributed by atoms with Crippen molar-refractivity contribution in [3.63, 3.8) is 0 Å². The number of allylic oxidation sites excluding steroid dienone is 1. The average Bonchev–Trinajstić information content (AvgIpc) is 2.47. The molecule has 0 saturated carbocycles. The van der Waals surface area contributed by atoms with Gasteiger partial charge in [0.05, 0.1) is 0 Å². The minimum absolute atomic E-state index is 0.457. The van der Waals surface area contributed by atoms with Crippen molar-refractivity contribution >= 4 is 0 Å². The maximum atomic E-state index is 9.98. The largest absolute Gasteiger partial charge is 0.788 e. The molecular formula is C18H36NO-. The summed E-state index contributed by atoms with van der Waals surface area (Å²) in [6.45, 7) is 2.73. The van der Waals surface area contributed by atoms with E-state index < -0.39 is 0 Å². The molecule has 0 unspecified atom stereocenters. The third kappa shape index (κ3) is 17.7. The Morgan fingerprint density at radius 2 is 1.10 bits per heavy atom. The van der Waals surface area contributed by atoms with E-state index in [9.17, 15) is 5.21 Å². The van der Waals surface area contributed by atoms with E-state index in [0.29, 0.717) is 6.54 Å². The zero-order valence-electron chi connectivity index (χ0n) is 13.7. The summed E-state index contributed by atoms with van der Waals surface area (Å²) in [6.07, 6.45) is 23.4. The van der Waals surface area contributed by atoms with Gasteiger partial charge in [-0.2, -0.15) is 0 Å². The molecule has 0 heterocycles. The molecule has 0 saturated heterocycles. The lowest BCUT2D eigenvalue weighted by Gasteiger charge is -2.03.